The van der Waals surface area contributed by atoms with E-state index in [1.54, 1.807) is 0 Å². The molecule has 0 aromatic heterocycles. The third-order valence-electron chi connectivity index (χ3n) is 8.65. The Morgan fingerprint density at radius 1 is 0.705 bits per heavy atom. The van der Waals surface area contributed by atoms with Crippen molar-refractivity contribution in [2.75, 3.05) is 6.66 Å². The number of hydrogen-bond acceptors (Lipinski definition) is 3. The van der Waals surface area contributed by atoms with Crippen LogP contribution in [-0.4, -0.2) is 37.3 Å². The SMILES string of the molecule is Cc1cc(C(C)(C)C)c2c(c1C)-c1c(C)c(C)cc(C(C)(C)C)c1O[P+]([Se-])(Oc1ccccc1P(C)(=[Se])c1ccccc1)O2. The molecule has 4 aromatic rings. The van der Waals surface area contributed by atoms with E-state index in [0.717, 1.165) is 44.8 Å². The second-order valence-corrected chi connectivity index (χ2v) is 25.8. The second kappa shape index (κ2) is 11.8. The zero-order chi connectivity index (χ0) is 32.4. The molecule has 0 saturated carbocycles. The van der Waals surface area contributed by atoms with Crippen molar-refractivity contribution in [2.45, 2.75) is 80.1 Å². The summed E-state index contributed by atoms with van der Waals surface area (Å²) in [6, 6.07) is 23.5. The van der Waals surface area contributed by atoms with Crippen molar-refractivity contribution in [1.82, 2.24) is 0 Å². The Bertz CT molecular complexity index is 1720. The maximum absolute atomic E-state index is 7.17. The number of para-hydroxylation sites is 1. The van der Waals surface area contributed by atoms with E-state index in [-0.39, 0.29) is 10.8 Å². The standard InChI is InChI=1S/C37H44O3P2Se2/c1-23-21-28(36(5,6)7)34-32(25(23)3)33-26(4)24(2)22-29(37(8,9)10)35(33)40-42(44,39-34)38-30-19-15-16-20-31(30)41(11,43)27-17-13-12-14-18-27/h12-22H,1-11H3. The van der Waals surface area contributed by atoms with Crippen molar-refractivity contribution in [1.29, 1.82) is 0 Å². The molecule has 4 aromatic carbocycles. The van der Waals surface area contributed by atoms with Gasteiger partial charge in [-0.25, -0.2) is 0 Å². The van der Waals surface area contributed by atoms with Gasteiger partial charge in [0.2, 0.25) is 0 Å². The molecule has 1 unspecified atom stereocenters. The van der Waals surface area contributed by atoms with Crippen LogP contribution in [0.3, 0.4) is 0 Å². The van der Waals surface area contributed by atoms with E-state index < -0.39 is 12.1 Å². The summed E-state index contributed by atoms with van der Waals surface area (Å²) < 4.78 is 21.4. The molecule has 1 aliphatic heterocycles. The van der Waals surface area contributed by atoms with Crippen LogP contribution < -0.4 is 24.2 Å². The van der Waals surface area contributed by atoms with Gasteiger partial charge in [0.05, 0.1) is 0 Å². The van der Waals surface area contributed by atoms with Gasteiger partial charge >= 0.3 is 282 Å². The molecule has 44 heavy (non-hydrogen) atoms. The van der Waals surface area contributed by atoms with Gasteiger partial charge in [-0.1, -0.05) is 0 Å². The molecule has 232 valence electrons. The van der Waals surface area contributed by atoms with Gasteiger partial charge in [0.25, 0.3) is 0 Å². The van der Waals surface area contributed by atoms with E-state index in [9.17, 15) is 0 Å². The summed E-state index contributed by atoms with van der Waals surface area (Å²) >= 11 is 6.91. The molecule has 5 rings (SSSR count). The number of fused-ring (bicyclic) bond motifs is 3. The van der Waals surface area contributed by atoms with Crippen LogP contribution in [0.5, 0.6) is 17.2 Å². The number of aryl methyl sites for hydroxylation is 2. The fourth-order valence-corrected chi connectivity index (χ4v) is 12.3. The van der Waals surface area contributed by atoms with Gasteiger partial charge < -0.3 is 0 Å². The molecule has 0 spiro atoms. The van der Waals surface area contributed by atoms with Crippen LogP contribution in [0, 0.1) is 27.7 Å². The van der Waals surface area contributed by atoms with E-state index in [1.165, 1.54) is 27.6 Å². The molecule has 7 heteroatoms. The fourth-order valence-electron chi connectivity index (χ4n) is 5.83. The molecular formula is C37H44O3P2Se2. The zero-order valence-corrected chi connectivity index (χ0v) is 33.0. The Morgan fingerprint density at radius 2 is 1.14 bits per heavy atom. The maximum atomic E-state index is 7.17. The van der Waals surface area contributed by atoms with Crippen molar-refractivity contribution in [3.05, 3.63) is 100 Å². The third-order valence-corrected chi connectivity index (χ3v) is 16.4. The third kappa shape index (κ3) is 6.15. The molecule has 0 amide bonds. The monoisotopic (exact) mass is 758 g/mol. The number of hydrogen-bond donors (Lipinski definition) is 0. The van der Waals surface area contributed by atoms with Gasteiger partial charge in [0.1, 0.15) is 0 Å². The second-order valence-electron chi connectivity index (χ2n) is 14.1. The number of benzene rings is 4. The first-order valence-electron chi connectivity index (χ1n) is 15.1. The van der Waals surface area contributed by atoms with Crippen LogP contribution in [0.1, 0.15) is 74.9 Å². The molecule has 0 aliphatic carbocycles. The molecule has 0 bridgehead atoms. The summed E-state index contributed by atoms with van der Waals surface area (Å²) in [5.74, 6) is 2.47. The van der Waals surface area contributed by atoms with Gasteiger partial charge in [-0.3, -0.25) is 0 Å². The van der Waals surface area contributed by atoms with Gasteiger partial charge in [0, 0.05) is 0 Å². The summed E-state index contributed by atoms with van der Waals surface area (Å²) in [6.07, 6.45) is 0. The Kier molecular flexibility index (Phi) is 8.97. The molecular weight excluding hydrogens is 712 g/mol. The summed E-state index contributed by atoms with van der Waals surface area (Å²) in [4.78, 5) is 0. The molecule has 3 nitrogen and oxygen atoms in total. The predicted molar refractivity (Wildman–Crippen MR) is 194 cm³/mol. The quantitative estimate of drug-likeness (QED) is 0.154. The molecule has 1 aliphatic rings. The Balaban J connectivity index is 1.82. The predicted octanol–water partition coefficient (Wildman–Crippen LogP) is 9.56. The van der Waals surface area contributed by atoms with Gasteiger partial charge in [-0.2, -0.15) is 0 Å². The van der Waals surface area contributed by atoms with Gasteiger partial charge in [-0.05, 0) is 0 Å². The number of rotatable bonds is 4. The van der Waals surface area contributed by atoms with Crippen LogP contribution in [-0.2, 0) is 10.8 Å². The molecule has 1 heterocycles. The van der Waals surface area contributed by atoms with Crippen LogP contribution in [0.4, 0.5) is 0 Å². The minimum absolute atomic E-state index is 0.170. The van der Waals surface area contributed by atoms with E-state index in [0.29, 0.717) is 0 Å². The Morgan fingerprint density at radius 3 is 1.59 bits per heavy atom. The molecule has 0 N–H and O–H groups in total. The van der Waals surface area contributed by atoms with Gasteiger partial charge in [-0.15, -0.1) is 0 Å². The van der Waals surface area contributed by atoms with Crippen LogP contribution in [0.15, 0.2) is 66.7 Å². The van der Waals surface area contributed by atoms with E-state index in [2.05, 4.69) is 161 Å². The van der Waals surface area contributed by atoms with E-state index >= 15 is 0 Å². The average Bonchev–Trinajstić information content (AvgIpc) is 3.06. The molecule has 0 saturated heterocycles. The first-order chi connectivity index (χ1) is 20.3. The summed E-state index contributed by atoms with van der Waals surface area (Å²) in [6.45, 7) is 21.4. The van der Waals surface area contributed by atoms with E-state index in [1.807, 2.05) is 12.1 Å². The summed E-state index contributed by atoms with van der Waals surface area (Å²) in [5.41, 5.74) is 7.16. The summed E-state index contributed by atoms with van der Waals surface area (Å²) in [7, 11) is 0. The average molecular weight is 757 g/mol. The van der Waals surface area contributed by atoms with E-state index in [4.69, 9.17) is 13.6 Å². The van der Waals surface area contributed by atoms with Crippen LogP contribution in [0.2, 0.25) is 0 Å². The molecule has 1 atom stereocenters. The first kappa shape index (κ1) is 33.5. The topological polar surface area (TPSA) is 27.7 Å². The molecule has 0 radical (unpaired) electrons. The van der Waals surface area contributed by atoms with Crippen molar-refractivity contribution in [3.8, 4) is 28.4 Å². The summed E-state index contributed by atoms with van der Waals surface area (Å²) in [5, 5.41) is 2.40. The van der Waals surface area contributed by atoms with Crippen molar-refractivity contribution >= 4 is 53.4 Å². The van der Waals surface area contributed by atoms with Crippen molar-refractivity contribution in [2.24, 2.45) is 0 Å². The Labute approximate surface area is 280 Å². The Hall–Kier alpha value is -1.82. The van der Waals surface area contributed by atoms with Crippen molar-refractivity contribution in [3.63, 3.8) is 0 Å². The first-order valence-corrected chi connectivity index (χ1v) is 23.3. The van der Waals surface area contributed by atoms with Crippen LogP contribution >= 0.6 is 12.1 Å². The van der Waals surface area contributed by atoms with Crippen molar-refractivity contribution < 1.29 is 13.6 Å². The fraction of sp³-hybridized carbons (Fsp3) is 0.351. The van der Waals surface area contributed by atoms with Gasteiger partial charge in [0.15, 0.2) is 0 Å². The molecule has 0 fully saturated rings. The normalized spacial score (nSPS) is 15.6. The van der Waals surface area contributed by atoms with Crippen LogP contribution in [0.25, 0.3) is 11.1 Å². The zero-order valence-electron chi connectivity index (χ0n) is 27.8. The minimum atomic E-state index is -3.17.